The van der Waals surface area contributed by atoms with E-state index in [1.807, 2.05) is 32.9 Å². The monoisotopic (exact) mass is 550 g/mol. The van der Waals surface area contributed by atoms with E-state index in [9.17, 15) is 8.78 Å². The van der Waals surface area contributed by atoms with E-state index >= 15 is 0 Å². The summed E-state index contributed by atoms with van der Waals surface area (Å²) in [6.07, 6.45) is 4.72. The van der Waals surface area contributed by atoms with Crippen LogP contribution in [0.5, 0.6) is 5.75 Å². The number of phenols is 1. The molecule has 0 amide bonds. The number of hydrogen-bond acceptors (Lipinski definition) is 6. The van der Waals surface area contributed by atoms with Gasteiger partial charge in [-0.05, 0) is 76.6 Å². The number of carbonyl (C=O) groups excluding carboxylic acids is 1. The number of halogens is 2. The third kappa shape index (κ3) is 12.6. The second kappa shape index (κ2) is 17.3. The summed E-state index contributed by atoms with van der Waals surface area (Å²) >= 11 is 0. The predicted octanol–water partition coefficient (Wildman–Crippen LogP) is 6.24. The molecule has 2 aliphatic rings. The number of phenolic OH excluding ortho intramolecular Hbond substituents is 1. The van der Waals surface area contributed by atoms with Crippen LogP contribution in [0.4, 0.5) is 8.78 Å². The van der Waals surface area contributed by atoms with E-state index in [0.717, 1.165) is 43.4 Å². The van der Waals surface area contributed by atoms with Crippen molar-refractivity contribution in [2.45, 2.75) is 97.6 Å². The van der Waals surface area contributed by atoms with Crippen molar-refractivity contribution in [1.29, 1.82) is 0 Å². The minimum atomic E-state index is -0.412. The molecule has 2 heterocycles. The largest absolute Gasteiger partial charge is 0.508 e. The summed E-state index contributed by atoms with van der Waals surface area (Å²) in [6, 6.07) is 11.0. The molecule has 5 unspecified atom stereocenters. The van der Waals surface area contributed by atoms with Gasteiger partial charge in [0.15, 0.2) is 5.79 Å². The van der Waals surface area contributed by atoms with Crippen LogP contribution in [0.1, 0.15) is 77.8 Å². The van der Waals surface area contributed by atoms with Crippen LogP contribution in [0.15, 0.2) is 42.5 Å². The molecule has 2 aromatic rings. The van der Waals surface area contributed by atoms with Gasteiger partial charge in [-0.15, -0.1) is 0 Å². The van der Waals surface area contributed by atoms with Crippen molar-refractivity contribution in [1.82, 2.24) is 5.32 Å². The average molecular weight is 551 g/mol. The van der Waals surface area contributed by atoms with Crippen molar-refractivity contribution in [3.63, 3.8) is 0 Å². The maximum Gasteiger partial charge on any atom is 0.163 e. The zero-order valence-corrected chi connectivity index (χ0v) is 24.5. The van der Waals surface area contributed by atoms with Crippen LogP contribution in [0.3, 0.4) is 0 Å². The summed E-state index contributed by atoms with van der Waals surface area (Å²) in [5.74, 6) is 0.0104. The Labute approximate surface area is 233 Å². The first kappa shape index (κ1) is 34.6. The highest BCUT2D eigenvalue weighted by molar-refractivity contribution is 5.44. The van der Waals surface area contributed by atoms with Crippen molar-refractivity contribution in [2.75, 3.05) is 13.2 Å². The summed E-state index contributed by atoms with van der Waals surface area (Å²) in [5.41, 5.74) is 7.49. The quantitative estimate of drug-likeness (QED) is 0.382. The molecule has 2 fully saturated rings. The zero-order valence-electron chi connectivity index (χ0n) is 24.5. The van der Waals surface area contributed by atoms with Crippen molar-refractivity contribution >= 4 is 6.29 Å². The molecule has 4 rings (SSSR count). The molecule has 39 heavy (non-hydrogen) atoms. The topological polar surface area (TPSA) is 93.8 Å². The molecular weight excluding hydrogens is 502 g/mol. The van der Waals surface area contributed by atoms with Gasteiger partial charge in [0.05, 0.1) is 12.7 Å². The smallest absolute Gasteiger partial charge is 0.163 e. The van der Waals surface area contributed by atoms with Crippen LogP contribution < -0.4 is 11.1 Å². The minimum Gasteiger partial charge on any atom is -0.508 e. The number of aldehydes is 1. The van der Waals surface area contributed by atoms with Crippen LogP contribution in [0.2, 0.25) is 0 Å². The van der Waals surface area contributed by atoms with E-state index in [1.54, 1.807) is 13.0 Å². The standard InChI is InChI=1S/C12H17FN2.C11H22O2.C6H5FO.C2H4O/c1-7-4-3-5-9(11(7)13)10-6-15-8(2)12(10)14;1-5-9(2)6-7-10-8-12-11(3,4)13-10;7-5-2-1-3-6(8)4-5;1-2-3/h3-5,8,10,12,15H,6,14H2,1-2H3;9-10H,5-8H2,1-4H3;1-4,8H;2H,1H3. The summed E-state index contributed by atoms with van der Waals surface area (Å²) in [5, 5.41) is 11.8. The van der Waals surface area contributed by atoms with Crippen LogP contribution in [0.25, 0.3) is 0 Å². The van der Waals surface area contributed by atoms with Crippen molar-refractivity contribution < 1.29 is 28.2 Å². The molecule has 0 spiro atoms. The van der Waals surface area contributed by atoms with Gasteiger partial charge < -0.3 is 30.4 Å². The molecule has 2 aromatic carbocycles. The molecule has 6 nitrogen and oxygen atoms in total. The first-order valence-corrected chi connectivity index (χ1v) is 13.7. The Morgan fingerprint density at radius 1 is 1.23 bits per heavy atom. The number of benzene rings is 2. The van der Waals surface area contributed by atoms with Gasteiger partial charge in [0.1, 0.15) is 23.7 Å². The van der Waals surface area contributed by atoms with Crippen LogP contribution in [-0.4, -0.2) is 48.5 Å². The molecule has 5 atom stereocenters. The summed E-state index contributed by atoms with van der Waals surface area (Å²) in [7, 11) is 0. The molecular formula is C31H48F2N2O4. The minimum absolute atomic E-state index is 0.00120. The molecule has 0 bridgehead atoms. The second-order valence-corrected chi connectivity index (χ2v) is 10.6. The van der Waals surface area contributed by atoms with Gasteiger partial charge in [0, 0.05) is 30.6 Å². The third-order valence-electron chi connectivity index (χ3n) is 6.88. The Balaban J connectivity index is 0.000000289. The summed E-state index contributed by atoms with van der Waals surface area (Å²) < 4.78 is 37.1. The Morgan fingerprint density at radius 2 is 1.87 bits per heavy atom. The number of aromatic hydroxyl groups is 1. The lowest BCUT2D eigenvalue weighted by atomic mass is 9.91. The van der Waals surface area contributed by atoms with Crippen molar-refractivity contribution in [3.8, 4) is 5.75 Å². The van der Waals surface area contributed by atoms with Gasteiger partial charge in [-0.25, -0.2) is 8.78 Å². The Morgan fingerprint density at radius 3 is 2.33 bits per heavy atom. The second-order valence-electron chi connectivity index (χ2n) is 10.6. The maximum atomic E-state index is 13.9. The lowest BCUT2D eigenvalue weighted by Crippen LogP contribution is -2.35. The highest BCUT2D eigenvalue weighted by atomic mass is 19.1. The highest BCUT2D eigenvalue weighted by Crippen LogP contribution is 2.28. The molecule has 220 valence electrons. The number of hydrogen-bond donors (Lipinski definition) is 3. The first-order valence-electron chi connectivity index (χ1n) is 13.7. The number of carbonyl (C=O) groups is 1. The molecule has 0 aromatic heterocycles. The van der Waals surface area contributed by atoms with Crippen LogP contribution in [-0.2, 0) is 14.3 Å². The molecule has 8 heteroatoms. The zero-order chi connectivity index (χ0) is 29.6. The van der Waals surface area contributed by atoms with Gasteiger partial charge in [-0.3, -0.25) is 0 Å². The number of ether oxygens (including phenoxy) is 2. The molecule has 4 N–H and O–H groups in total. The van der Waals surface area contributed by atoms with E-state index in [1.165, 1.54) is 38.0 Å². The lowest BCUT2D eigenvalue weighted by Gasteiger charge is -2.18. The average Bonchev–Trinajstić information content (AvgIpc) is 3.40. The molecule has 2 aliphatic heterocycles. The molecule has 0 radical (unpaired) electrons. The van der Waals surface area contributed by atoms with E-state index < -0.39 is 5.82 Å². The number of nitrogens with one attached hydrogen (secondary N) is 1. The van der Waals surface area contributed by atoms with Gasteiger partial charge in [-0.1, -0.05) is 44.5 Å². The number of aryl methyl sites for hydroxylation is 1. The van der Waals surface area contributed by atoms with Crippen molar-refractivity contribution in [3.05, 3.63) is 65.2 Å². The van der Waals surface area contributed by atoms with Gasteiger partial charge >= 0.3 is 0 Å². The maximum absolute atomic E-state index is 13.9. The lowest BCUT2D eigenvalue weighted by molar-refractivity contribution is -0.139. The van der Waals surface area contributed by atoms with Gasteiger partial charge in [-0.2, -0.15) is 0 Å². The molecule has 0 saturated carbocycles. The normalized spacial score (nSPS) is 23.7. The Hall–Kier alpha value is -2.39. The Bertz CT molecular complexity index is 972. The number of rotatable bonds is 5. The van der Waals surface area contributed by atoms with Crippen LogP contribution in [0, 0.1) is 24.5 Å². The summed E-state index contributed by atoms with van der Waals surface area (Å²) in [6.45, 7) is 15.3. The fraction of sp³-hybridized carbons (Fsp3) is 0.581. The van der Waals surface area contributed by atoms with Gasteiger partial charge in [0.2, 0.25) is 0 Å². The Kier molecular flexibility index (Phi) is 15.4. The molecule has 0 aliphatic carbocycles. The van der Waals surface area contributed by atoms with Gasteiger partial charge in [0.25, 0.3) is 0 Å². The van der Waals surface area contributed by atoms with E-state index in [2.05, 4.69) is 19.2 Å². The fourth-order valence-electron chi connectivity index (χ4n) is 4.26. The SMILES string of the molecule is CC=O.CCC(C)CCC1COC(C)(C)O1.Cc1cccc(C2CNC(C)C2N)c1F.Oc1cccc(F)c1. The van der Waals surface area contributed by atoms with E-state index in [0.29, 0.717) is 11.7 Å². The van der Waals surface area contributed by atoms with Crippen molar-refractivity contribution in [2.24, 2.45) is 11.7 Å². The predicted molar refractivity (Wildman–Crippen MR) is 153 cm³/mol. The van der Waals surface area contributed by atoms with Crippen LogP contribution >= 0.6 is 0 Å². The highest BCUT2D eigenvalue weighted by Gasteiger charge is 2.33. The third-order valence-corrected chi connectivity index (χ3v) is 6.88. The van der Waals surface area contributed by atoms with E-state index in [-0.39, 0.29) is 35.4 Å². The van der Waals surface area contributed by atoms with E-state index in [4.69, 9.17) is 25.1 Å². The summed E-state index contributed by atoms with van der Waals surface area (Å²) in [4.78, 5) is 8.81. The fourth-order valence-corrected chi connectivity index (χ4v) is 4.26. The molecule has 2 saturated heterocycles. The first-order chi connectivity index (χ1) is 18.3. The number of nitrogens with two attached hydrogens (primary N) is 1.